The smallest absolute Gasteiger partial charge is 0.260 e. The summed E-state index contributed by atoms with van der Waals surface area (Å²) in [4.78, 5) is 4.91. The van der Waals surface area contributed by atoms with Gasteiger partial charge in [0.15, 0.2) is 0 Å². The number of anilines is 6. The summed E-state index contributed by atoms with van der Waals surface area (Å²) in [6, 6.07) is 66.9. The van der Waals surface area contributed by atoms with E-state index in [4.69, 9.17) is 18.9 Å². The van der Waals surface area contributed by atoms with Crippen molar-refractivity contribution in [3.8, 4) is 46.0 Å². The Hall–Kier alpha value is -8.03. The van der Waals surface area contributed by atoms with Gasteiger partial charge < -0.3 is 28.7 Å². The number of rotatable bonds is 2. The van der Waals surface area contributed by atoms with Crippen molar-refractivity contribution < 1.29 is 18.9 Å². The van der Waals surface area contributed by atoms with Gasteiger partial charge in [-0.2, -0.15) is 0 Å². The van der Waals surface area contributed by atoms with Gasteiger partial charge in [-0.1, -0.05) is 91.0 Å². The van der Waals surface area contributed by atoms with Gasteiger partial charge in [-0.3, -0.25) is 0 Å². The van der Waals surface area contributed by atoms with E-state index >= 15 is 0 Å². The molecule has 290 valence electrons. The minimum atomic E-state index is -0.159. The van der Waals surface area contributed by atoms with Gasteiger partial charge in [-0.25, -0.2) is 0 Å². The maximum Gasteiger partial charge on any atom is 0.260 e. The molecular formula is C54H31B3N2O4. The molecule has 0 spiro atoms. The first-order valence-corrected chi connectivity index (χ1v) is 21.6. The second-order valence-corrected chi connectivity index (χ2v) is 17.1. The summed E-state index contributed by atoms with van der Waals surface area (Å²) in [6.45, 7) is -0.297. The van der Waals surface area contributed by atoms with Gasteiger partial charge in [0, 0.05) is 45.0 Å². The van der Waals surface area contributed by atoms with E-state index in [9.17, 15) is 0 Å². The van der Waals surface area contributed by atoms with E-state index in [-0.39, 0.29) is 20.1 Å². The molecule has 0 saturated heterocycles. The Kier molecular flexibility index (Phi) is 6.57. The second kappa shape index (κ2) is 12.3. The van der Waals surface area contributed by atoms with Gasteiger partial charge in [0.25, 0.3) is 20.1 Å². The summed E-state index contributed by atoms with van der Waals surface area (Å²) < 4.78 is 27.1. The predicted octanol–water partition coefficient (Wildman–Crippen LogP) is 7.22. The zero-order valence-corrected chi connectivity index (χ0v) is 33.7. The van der Waals surface area contributed by atoms with E-state index in [1.807, 2.05) is 24.3 Å². The van der Waals surface area contributed by atoms with Gasteiger partial charge in [0.05, 0.1) is 0 Å². The lowest BCUT2D eigenvalue weighted by molar-refractivity contribution is 0.464. The van der Waals surface area contributed by atoms with E-state index < -0.39 is 0 Å². The van der Waals surface area contributed by atoms with Crippen molar-refractivity contribution in [3.05, 3.63) is 188 Å². The maximum absolute atomic E-state index is 7.02. The van der Waals surface area contributed by atoms with E-state index in [1.54, 1.807) is 0 Å². The number of benzene rings is 9. The quantitative estimate of drug-likeness (QED) is 0.172. The summed E-state index contributed by atoms with van der Waals surface area (Å²) in [5.41, 5.74) is 16.9. The molecule has 9 aromatic rings. The maximum atomic E-state index is 7.02. The lowest BCUT2D eigenvalue weighted by atomic mass is 9.31. The first-order valence-electron chi connectivity index (χ1n) is 21.6. The summed E-state index contributed by atoms with van der Waals surface area (Å²) in [5.74, 6) is 6.79. The Morgan fingerprint density at radius 2 is 0.619 bits per heavy atom. The molecule has 0 aromatic heterocycles. The molecule has 0 amide bonds. The molecule has 63 heavy (non-hydrogen) atoms. The van der Waals surface area contributed by atoms with E-state index in [0.29, 0.717) is 0 Å². The number of nitrogens with zero attached hydrogens (tertiary/aromatic N) is 2. The first-order chi connectivity index (χ1) is 31.2. The Bertz CT molecular complexity index is 3250. The zero-order valence-electron chi connectivity index (χ0n) is 33.7. The van der Waals surface area contributed by atoms with Gasteiger partial charge in [0.2, 0.25) is 0 Å². The van der Waals surface area contributed by atoms with Crippen LogP contribution in [0.2, 0.25) is 0 Å². The Morgan fingerprint density at radius 3 is 1.08 bits per heavy atom. The van der Waals surface area contributed by atoms with Crippen LogP contribution in [-0.2, 0) is 0 Å². The topological polar surface area (TPSA) is 43.4 Å². The van der Waals surface area contributed by atoms with Crippen molar-refractivity contribution in [1.29, 1.82) is 0 Å². The molecular weight excluding hydrogens is 773 g/mol. The largest absolute Gasteiger partial charge is 0.458 e. The summed E-state index contributed by atoms with van der Waals surface area (Å²) in [6.07, 6.45) is 0. The third-order valence-corrected chi connectivity index (χ3v) is 13.9. The second-order valence-electron chi connectivity index (χ2n) is 17.1. The van der Waals surface area contributed by atoms with Crippen LogP contribution in [0, 0.1) is 0 Å². The molecule has 6 aliphatic heterocycles. The van der Waals surface area contributed by atoms with Crippen LogP contribution in [0.15, 0.2) is 188 Å². The van der Waals surface area contributed by atoms with Crippen molar-refractivity contribution in [3.63, 3.8) is 0 Å². The fourth-order valence-corrected chi connectivity index (χ4v) is 11.4. The molecule has 9 aromatic carbocycles. The predicted molar refractivity (Wildman–Crippen MR) is 256 cm³/mol. The van der Waals surface area contributed by atoms with Crippen molar-refractivity contribution in [2.24, 2.45) is 0 Å². The van der Waals surface area contributed by atoms with Crippen LogP contribution in [0.5, 0.6) is 46.0 Å². The molecule has 0 aliphatic carbocycles. The third-order valence-electron chi connectivity index (χ3n) is 13.9. The van der Waals surface area contributed by atoms with Crippen LogP contribution in [0.25, 0.3) is 0 Å². The SMILES string of the molecule is c1ccc(N2c3cc4c(cc3B3c5cc6c(cc5N(c5ccccc5)c5cccc2c53)B2c3ccccc3Oc3cccc(c32)O6)Oc2cccc3c2B4c2ccccc2O3)cc1. The minimum Gasteiger partial charge on any atom is -0.458 e. The highest BCUT2D eigenvalue weighted by Gasteiger charge is 2.48. The number of fused-ring (bicyclic) bond motifs is 12. The monoisotopic (exact) mass is 804 g/mol. The normalized spacial score (nSPS) is 14.4. The van der Waals surface area contributed by atoms with Crippen molar-refractivity contribution in [2.75, 3.05) is 9.80 Å². The van der Waals surface area contributed by atoms with Crippen molar-refractivity contribution >= 4 is 103 Å². The molecule has 0 atom stereocenters. The number of para-hydroxylation sites is 4. The van der Waals surface area contributed by atoms with E-state index in [1.165, 1.54) is 16.4 Å². The van der Waals surface area contributed by atoms with Gasteiger partial charge in [-0.15, -0.1) is 0 Å². The lowest BCUT2D eigenvalue weighted by Crippen LogP contribution is -2.64. The highest BCUT2D eigenvalue weighted by atomic mass is 16.5. The standard InChI is InChI=1S/C54H31B3N2O4/c1-3-14-32(15-4-1)58-40-20-11-21-41-52(40)57(36-30-50-38(28-42(36)58)55-34-18-7-9-22-44(34)60-46-24-12-26-48(62-50)53(46)55)37-31-51-39(29-43(37)59(41)33-16-5-2-6-17-33)56-35-19-8-10-23-45(35)61-47-25-13-27-49(63-51)54(47)56/h1-31H. The van der Waals surface area contributed by atoms with Crippen molar-refractivity contribution in [1.82, 2.24) is 0 Å². The lowest BCUT2D eigenvalue weighted by Gasteiger charge is -2.45. The molecule has 0 radical (unpaired) electrons. The summed E-state index contributed by atoms with van der Waals surface area (Å²) in [7, 11) is 0. The van der Waals surface area contributed by atoms with Crippen LogP contribution >= 0.6 is 0 Å². The molecule has 0 N–H and O–H groups in total. The van der Waals surface area contributed by atoms with Crippen LogP contribution in [0.1, 0.15) is 0 Å². The number of hydrogen-bond donors (Lipinski definition) is 0. The molecule has 6 nitrogen and oxygen atoms in total. The third kappa shape index (κ3) is 4.50. The average Bonchev–Trinajstić information content (AvgIpc) is 3.33. The van der Waals surface area contributed by atoms with E-state index in [0.717, 1.165) is 113 Å². The number of ether oxygens (including phenoxy) is 4. The summed E-state index contributed by atoms with van der Waals surface area (Å²) >= 11 is 0. The Labute approximate surface area is 364 Å². The molecule has 6 aliphatic rings. The fourth-order valence-electron chi connectivity index (χ4n) is 11.4. The highest BCUT2D eigenvalue weighted by Crippen LogP contribution is 2.46. The van der Waals surface area contributed by atoms with E-state index in [2.05, 4.69) is 174 Å². The molecule has 6 heterocycles. The van der Waals surface area contributed by atoms with Gasteiger partial charge in [0.1, 0.15) is 46.0 Å². The highest BCUT2D eigenvalue weighted by molar-refractivity contribution is 7.02. The Morgan fingerprint density at radius 1 is 0.254 bits per heavy atom. The molecule has 15 rings (SSSR count). The van der Waals surface area contributed by atoms with Gasteiger partial charge in [-0.05, 0) is 135 Å². The molecule has 0 saturated carbocycles. The summed E-state index contributed by atoms with van der Waals surface area (Å²) in [5, 5.41) is 0. The average molecular weight is 804 g/mol. The molecule has 0 unspecified atom stereocenters. The van der Waals surface area contributed by atoms with Crippen LogP contribution < -0.4 is 77.9 Å². The van der Waals surface area contributed by atoms with Crippen LogP contribution in [-0.4, -0.2) is 20.1 Å². The first kappa shape index (κ1) is 33.7. The molecule has 9 heteroatoms. The van der Waals surface area contributed by atoms with Crippen LogP contribution in [0.4, 0.5) is 34.1 Å². The Balaban J connectivity index is 1.03. The molecule has 0 fully saturated rings. The number of hydrogen-bond acceptors (Lipinski definition) is 6. The van der Waals surface area contributed by atoms with Crippen molar-refractivity contribution in [2.45, 2.75) is 0 Å². The minimum absolute atomic E-state index is 0.0690. The molecule has 0 bridgehead atoms. The fraction of sp³-hybridized carbons (Fsp3) is 0. The van der Waals surface area contributed by atoms with Gasteiger partial charge >= 0.3 is 0 Å². The van der Waals surface area contributed by atoms with Crippen LogP contribution in [0.3, 0.4) is 0 Å². The zero-order chi connectivity index (χ0) is 40.9.